The van der Waals surface area contributed by atoms with Crippen molar-refractivity contribution in [2.75, 3.05) is 13.2 Å². The van der Waals surface area contributed by atoms with Gasteiger partial charge in [0, 0.05) is 6.04 Å². The lowest BCUT2D eigenvalue weighted by atomic mass is 10.1. The zero-order valence-corrected chi connectivity index (χ0v) is 21.7. The summed E-state index contributed by atoms with van der Waals surface area (Å²) in [5.74, 6) is 0.178. The summed E-state index contributed by atoms with van der Waals surface area (Å²) >= 11 is 0. The standard InChI is InChI=1S/C30H28FNO5S/c1-22(24-11-6-3-7-12-24)32-19-27(21-35-20-23-9-4-2-5-10-23)37-29-14-8-13-28(30(29)38(32,33)34)36-26-17-15-25(31)16-18-26/h2-18,22,27H,19-21H2,1H3/t22-,27+/m1/s1. The Bertz CT molecular complexity index is 1460. The molecule has 8 heteroatoms. The molecule has 0 bridgehead atoms. The van der Waals surface area contributed by atoms with Gasteiger partial charge in [0.15, 0.2) is 10.6 Å². The van der Waals surface area contributed by atoms with E-state index >= 15 is 0 Å². The van der Waals surface area contributed by atoms with Crippen molar-refractivity contribution in [1.82, 2.24) is 4.31 Å². The monoisotopic (exact) mass is 533 g/mol. The molecule has 0 N–H and O–H groups in total. The van der Waals surface area contributed by atoms with Gasteiger partial charge in [-0.2, -0.15) is 4.31 Å². The zero-order chi connectivity index (χ0) is 26.5. The average Bonchev–Trinajstić information content (AvgIpc) is 3.04. The fraction of sp³-hybridized carbons (Fsp3) is 0.200. The topological polar surface area (TPSA) is 65.1 Å². The summed E-state index contributed by atoms with van der Waals surface area (Å²) in [4.78, 5) is -0.0716. The maximum absolute atomic E-state index is 14.2. The van der Waals surface area contributed by atoms with E-state index in [2.05, 4.69) is 0 Å². The van der Waals surface area contributed by atoms with Crippen molar-refractivity contribution in [2.45, 2.75) is 30.6 Å². The van der Waals surface area contributed by atoms with Gasteiger partial charge in [-0.05, 0) is 54.4 Å². The molecule has 1 aliphatic rings. The third kappa shape index (κ3) is 5.72. The molecule has 0 saturated carbocycles. The number of halogens is 1. The highest BCUT2D eigenvalue weighted by Crippen LogP contribution is 2.42. The van der Waals surface area contributed by atoms with Gasteiger partial charge in [0.25, 0.3) is 10.0 Å². The molecule has 5 rings (SSSR count). The maximum atomic E-state index is 14.2. The number of hydrogen-bond donors (Lipinski definition) is 0. The van der Waals surface area contributed by atoms with Crippen molar-refractivity contribution < 1.29 is 27.0 Å². The molecule has 0 unspecified atom stereocenters. The quantitative estimate of drug-likeness (QED) is 0.264. The van der Waals surface area contributed by atoms with E-state index in [9.17, 15) is 12.8 Å². The highest BCUT2D eigenvalue weighted by Gasteiger charge is 2.40. The van der Waals surface area contributed by atoms with E-state index in [1.54, 1.807) is 18.2 Å². The molecule has 196 valence electrons. The minimum Gasteiger partial charge on any atom is -0.485 e. The number of sulfonamides is 1. The first-order chi connectivity index (χ1) is 18.4. The van der Waals surface area contributed by atoms with Crippen molar-refractivity contribution in [3.05, 3.63) is 120 Å². The van der Waals surface area contributed by atoms with Crippen LogP contribution in [0.25, 0.3) is 0 Å². The number of rotatable bonds is 8. The Morgan fingerprint density at radius 1 is 0.921 bits per heavy atom. The molecule has 2 atom stereocenters. The second-order valence-corrected chi connectivity index (χ2v) is 10.9. The Morgan fingerprint density at radius 2 is 1.61 bits per heavy atom. The largest absolute Gasteiger partial charge is 0.485 e. The van der Waals surface area contributed by atoms with Crippen LogP contribution in [0.15, 0.2) is 108 Å². The summed E-state index contributed by atoms with van der Waals surface area (Å²) in [6.45, 7) is 2.49. The fourth-order valence-corrected chi connectivity index (χ4v) is 6.29. The van der Waals surface area contributed by atoms with Crippen LogP contribution in [0.2, 0.25) is 0 Å². The molecule has 0 radical (unpaired) electrons. The lowest BCUT2D eigenvalue weighted by molar-refractivity contribution is 0.0313. The highest BCUT2D eigenvalue weighted by molar-refractivity contribution is 7.89. The molecule has 0 spiro atoms. The Kier molecular flexibility index (Phi) is 7.74. The molecule has 1 heterocycles. The van der Waals surface area contributed by atoms with Gasteiger partial charge in [-0.1, -0.05) is 66.7 Å². The normalized spacial score (nSPS) is 17.6. The molecule has 0 amide bonds. The van der Waals surface area contributed by atoms with Crippen LogP contribution >= 0.6 is 0 Å². The molecule has 4 aromatic carbocycles. The van der Waals surface area contributed by atoms with Crippen molar-refractivity contribution >= 4 is 10.0 Å². The van der Waals surface area contributed by atoms with E-state index in [1.807, 2.05) is 67.6 Å². The number of fused-ring (bicyclic) bond motifs is 1. The van der Waals surface area contributed by atoms with Gasteiger partial charge in [-0.15, -0.1) is 0 Å². The van der Waals surface area contributed by atoms with Gasteiger partial charge in [0.05, 0.1) is 19.8 Å². The van der Waals surface area contributed by atoms with Gasteiger partial charge in [0.2, 0.25) is 0 Å². The Balaban J connectivity index is 1.50. The molecule has 0 aromatic heterocycles. The molecular formula is C30H28FNO5S. The third-order valence-electron chi connectivity index (χ3n) is 6.36. The van der Waals surface area contributed by atoms with Crippen LogP contribution in [0.3, 0.4) is 0 Å². The molecular weight excluding hydrogens is 505 g/mol. The Hall–Kier alpha value is -3.72. The van der Waals surface area contributed by atoms with Gasteiger partial charge in [0.1, 0.15) is 23.4 Å². The van der Waals surface area contributed by atoms with Crippen molar-refractivity contribution in [1.29, 1.82) is 0 Å². The minimum absolute atomic E-state index is 0.0716. The van der Waals surface area contributed by atoms with Gasteiger partial charge < -0.3 is 14.2 Å². The number of nitrogens with zero attached hydrogens (tertiary/aromatic N) is 1. The minimum atomic E-state index is -4.08. The molecule has 6 nitrogen and oxygen atoms in total. The van der Waals surface area contributed by atoms with Crippen molar-refractivity contribution in [3.8, 4) is 17.2 Å². The predicted octanol–water partition coefficient (Wildman–Crippen LogP) is 6.35. The first-order valence-corrected chi connectivity index (χ1v) is 13.8. The van der Waals surface area contributed by atoms with Crippen LogP contribution in [0, 0.1) is 5.82 Å². The van der Waals surface area contributed by atoms with Gasteiger partial charge in [-0.3, -0.25) is 0 Å². The van der Waals surface area contributed by atoms with Crippen molar-refractivity contribution in [3.63, 3.8) is 0 Å². The average molecular weight is 534 g/mol. The van der Waals surface area contributed by atoms with E-state index in [1.165, 1.54) is 28.6 Å². The lowest BCUT2D eigenvalue weighted by Gasteiger charge is -2.29. The second kappa shape index (κ2) is 11.3. The molecule has 0 fully saturated rings. The fourth-order valence-electron chi connectivity index (χ4n) is 4.42. The zero-order valence-electron chi connectivity index (χ0n) is 20.9. The number of hydrogen-bond acceptors (Lipinski definition) is 5. The summed E-state index contributed by atoms with van der Waals surface area (Å²) in [5.41, 5.74) is 1.86. The van der Waals surface area contributed by atoms with Crippen LogP contribution in [0.5, 0.6) is 17.2 Å². The SMILES string of the molecule is C[C@H](c1ccccc1)N1C[C@@H](COCc2ccccc2)Oc2cccc(Oc3ccc(F)cc3)c2S1(=O)=O. The maximum Gasteiger partial charge on any atom is 0.251 e. The highest BCUT2D eigenvalue weighted by atomic mass is 32.2. The van der Waals surface area contributed by atoms with Crippen LogP contribution in [0.1, 0.15) is 24.1 Å². The van der Waals surface area contributed by atoms with E-state index in [0.29, 0.717) is 12.4 Å². The predicted molar refractivity (Wildman–Crippen MR) is 142 cm³/mol. The van der Waals surface area contributed by atoms with Crippen molar-refractivity contribution in [2.24, 2.45) is 0 Å². The van der Waals surface area contributed by atoms with Gasteiger partial charge in [-0.25, -0.2) is 12.8 Å². The van der Waals surface area contributed by atoms with E-state index in [0.717, 1.165) is 11.1 Å². The van der Waals surface area contributed by atoms with Crippen LogP contribution < -0.4 is 9.47 Å². The summed E-state index contributed by atoms with van der Waals surface area (Å²) in [5, 5.41) is 0. The second-order valence-electron chi connectivity index (χ2n) is 9.04. The number of benzene rings is 4. The lowest BCUT2D eigenvalue weighted by Crippen LogP contribution is -2.40. The summed E-state index contributed by atoms with van der Waals surface area (Å²) in [7, 11) is -4.08. The first kappa shape index (κ1) is 25.9. The van der Waals surface area contributed by atoms with Crippen LogP contribution in [0.4, 0.5) is 4.39 Å². The molecule has 4 aromatic rings. The van der Waals surface area contributed by atoms with Gasteiger partial charge >= 0.3 is 0 Å². The summed E-state index contributed by atoms with van der Waals surface area (Å²) in [6, 6.07) is 29.0. The molecule has 38 heavy (non-hydrogen) atoms. The van der Waals surface area contributed by atoms with E-state index in [4.69, 9.17) is 14.2 Å². The summed E-state index contributed by atoms with van der Waals surface area (Å²) in [6.07, 6.45) is -0.568. The van der Waals surface area contributed by atoms with E-state index < -0.39 is 28.0 Å². The van der Waals surface area contributed by atoms with Crippen LogP contribution in [-0.4, -0.2) is 32.0 Å². The smallest absolute Gasteiger partial charge is 0.251 e. The molecule has 1 aliphatic heterocycles. The summed E-state index contributed by atoms with van der Waals surface area (Å²) < 4.78 is 61.5. The number of ether oxygens (including phenoxy) is 3. The van der Waals surface area contributed by atoms with Crippen LogP contribution in [-0.2, 0) is 21.4 Å². The Labute approximate surface area is 222 Å². The molecule has 0 aliphatic carbocycles. The van der Waals surface area contributed by atoms with E-state index in [-0.39, 0.29) is 29.5 Å². The third-order valence-corrected chi connectivity index (χ3v) is 8.36. The molecule has 0 saturated heterocycles. The first-order valence-electron chi connectivity index (χ1n) is 12.3. The Morgan fingerprint density at radius 3 is 2.32 bits per heavy atom.